The summed E-state index contributed by atoms with van der Waals surface area (Å²) in [6.45, 7) is 4.79. The van der Waals surface area contributed by atoms with Gasteiger partial charge in [-0.2, -0.15) is 5.10 Å². The molecule has 110 valence electrons. The van der Waals surface area contributed by atoms with Crippen LogP contribution in [-0.2, 0) is 7.05 Å². The van der Waals surface area contributed by atoms with Crippen LogP contribution in [0.3, 0.4) is 0 Å². The van der Waals surface area contributed by atoms with Crippen LogP contribution in [0.2, 0.25) is 0 Å². The fourth-order valence-electron chi connectivity index (χ4n) is 3.97. The van der Waals surface area contributed by atoms with Crippen LogP contribution in [0.4, 0.5) is 0 Å². The molecule has 0 aliphatic heterocycles. The number of hydrogen-bond acceptors (Lipinski definition) is 3. The Balaban J connectivity index is 1.50. The Morgan fingerprint density at radius 2 is 2.10 bits per heavy atom. The number of aliphatic hydroxyl groups excluding tert-OH is 1. The first-order valence-corrected chi connectivity index (χ1v) is 7.66. The molecule has 20 heavy (non-hydrogen) atoms. The van der Waals surface area contributed by atoms with Gasteiger partial charge in [0.1, 0.15) is 0 Å². The van der Waals surface area contributed by atoms with Crippen LogP contribution in [0.15, 0.2) is 24.5 Å². The molecule has 2 aliphatic rings. The van der Waals surface area contributed by atoms with Crippen LogP contribution in [0, 0.1) is 11.8 Å². The van der Waals surface area contributed by atoms with E-state index in [9.17, 15) is 5.11 Å². The van der Waals surface area contributed by atoms with Gasteiger partial charge in [-0.05, 0) is 43.9 Å². The largest absolute Gasteiger partial charge is 0.387 e. The summed E-state index contributed by atoms with van der Waals surface area (Å²) in [6.07, 6.45) is 9.42. The molecule has 4 heteroatoms. The van der Waals surface area contributed by atoms with Gasteiger partial charge in [0.2, 0.25) is 0 Å². The molecule has 4 nitrogen and oxygen atoms in total. The molecular formula is C16H25N3O. The van der Waals surface area contributed by atoms with E-state index < -0.39 is 6.10 Å². The average Bonchev–Trinajstić information content (AvgIpc) is 2.81. The van der Waals surface area contributed by atoms with Crippen LogP contribution < -0.4 is 5.32 Å². The lowest BCUT2D eigenvalue weighted by Crippen LogP contribution is -2.41. The third-order valence-electron chi connectivity index (χ3n) is 4.77. The molecule has 1 aromatic heterocycles. The molecule has 1 aromatic rings. The minimum Gasteiger partial charge on any atom is -0.387 e. The maximum absolute atomic E-state index is 10.2. The quantitative estimate of drug-likeness (QED) is 0.828. The van der Waals surface area contributed by atoms with E-state index in [2.05, 4.69) is 17.0 Å². The van der Waals surface area contributed by atoms with Gasteiger partial charge in [-0.1, -0.05) is 12.2 Å². The van der Waals surface area contributed by atoms with Crippen molar-refractivity contribution in [3.8, 4) is 0 Å². The Labute approximate surface area is 120 Å². The average molecular weight is 275 g/mol. The number of aliphatic hydroxyl groups is 1. The van der Waals surface area contributed by atoms with Crippen LogP contribution in [0.25, 0.3) is 0 Å². The van der Waals surface area contributed by atoms with Gasteiger partial charge in [-0.3, -0.25) is 4.68 Å². The zero-order chi connectivity index (χ0) is 14.1. The molecule has 0 radical (unpaired) electrons. The maximum atomic E-state index is 10.2. The monoisotopic (exact) mass is 275 g/mol. The zero-order valence-electron chi connectivity index (χ0n) is 12.3. The van der Waals surface area contributed by atoms with Crippen molar-refractivity contribution in [1.82, 2.24) is 15.1 Å². The molecule has 2 aliphatic carbocycles. The van der Waals surface area contributed by atoms with Crippen molar-refractivity contribution in [2.24, 2.45) is 18.9 Å². The molecule has 0 aromatic carbocycles. The lowest BCUT2D eigenvalue weighted by molar-refractivity contribution is 0.142. The first kappa shape index (κ1) is 13.8. The number of hydrogen-bond donors (Lipinski definition) is 2. The van der Waals surface area contributed by atoms with Crippen molar-refractivity contribution in [3.05, 3.63) is 30.1 Å². The smallest absolute Gasteiger partial charge is 0.0944 e. The second-order valence-electron chi connectivity index (χ2n) is 6.67. The standard InChI is InChI=1S/C16H25N3O/c1-11-3-12-5-13(4-11)7-15(6-12)17-9-16(20)14-8-18-19(2)10-14/h8,10,12-13,15-17,20H,1,3-7,9H2,2H3. The van der Waals surface area contributed by atoms with Gasteiger partial charge < -0.3 is 10.4 Å². The summed E-state index contributed by atoms with van der Waals surface area (Å²) in [6, 6.07) is 0.554. The number of aryl methyl sites for hydroxylation is 1. The number of aromatic nitrogens is 2. The van der Waals surface area contributed by atoms with Crippen molar-refractivity contribution in [2.75, 3.05) is 6.54 Å². The Bertz CT molecular complexity index is 466. The molecule has 0 saturated heterocycles. The van der Waals surface area contributed by atoms with E-state index in [1.807, 2.05) is 13.2 Å². The normalized spacial score (nSPS) is 31.3. The van der Waals surface area contributed by atoms with Gasteiger partial charge in [0.15, 0.2) is 0 Å². The number of allylic oxidation sites excluding steroid dienone is 1. The van der Waals surface area contributed by atoms with Crippen LogP contribution in [0.5, 0.6) is 0 Å². The van der Waals surface area contributed by atoms with Crippen molar-refractivity contribution < 1.29 is 5.11 Å². The molecule has 2 bridgehead atoms. The number of nitrogens with zero attached hydrogens (tertiary/aromatic N) is 2. The van der Waals surface area contributed by atoms with Gasteiger partial charge in [0.25, 0.3) is 0 Å². The van der Waals surface area contributed by atoms with Gasteiger partial charge in [0.05, 0.1) is 12.3 Å². The van der Waals surface area contributed by atoms with Crippen molar-refractivity contribution in [1.29, 1.82) is 0 Å². The SMILES string of the molecule is C=C1CC2CC(C1)CC(NCC(O)c1cnn(C)c1)C2. The lowest BCUT2D eigenvalue weighted by atomic mass is 9.69. The van der Waals surface area contributed by atoms with E-state index in [4.69, 9.17) is 0 Å². The summed E-state index contributed by atoms with van der Waals surface area (Å²) in [5.41, 5.74) is 2.34. The third kappa shape index (κ3) is 3.13. The summed E-state index contributed by atoms with van der Waals surface area (Å²) in [5.74, 6) is 1.62. The van der Waals surface area contributed by atoms with Crippen LogP contribution >= 0.6 is 0 Å². The van der Waals surface area contributed by atoms with Gasteiger partial charge in [0, 0.05) is 31.4 Å². The summed E-state index contributed by atoms with van der Waals surface area (Å²) >= 11 is 0. The molecule has 2 N–H and O–H groups in total. The predicted octanol–water partition coefficient (Wildman–Crippen LogP) is 2.18. The molecule has 3 atom stereocenters. The Morgan fingerprint density at radius 3 is 2.70 bits per heavy atom. The minimum absolute atomic E-state index is 0.458. The van der Waals surface area contributed by atoms with Gasteiger partial charge >= 0.3 is 0 Å². The highest BCUT2D eigenvalue weighted by Crippen LogP contribution is 2.41. The highest BCUT2D eigenvalue weighted by molar-refractivity contribution is 5.09. The number of nitrogens with one attached hydrogen (secondary N) is 1. The predicted molar refractivity (Wildman–Crippen MR) is 79.2 cm³/mol. The highest BCUT2D eigenvalue weighted by atomic mass is 16.3. The van der Waals surface area contributed by atoms with E-state index in [1.165, 1.54) is 37.7 Å². The molecular weight excluding hydrogens is 250 g/mol. The van der Waals surface area contributed by atoms with Crippen LogP contribution in [0.1, 0.15) is 43.8 Å². The second kappa shape index (κ2) is 5.70. The Hall–Kier alpha value is -1.13. The van der Waals surface area contributed by atoms with E-state index >= 15 is 0 Å². The fraction of sp³-hybridized carbons (Fsp3) is 0.688. The first-order valence-electron chi connectivity index (χ1n) is 7.66. The van der Waals surface area contributed by atoms with Gasteiger partial charge in [-0.15, -0.1) is 0 Å². The van der Waals surface area contributed by atoms with E-state index in [0.717, 1.165) is 17.4 Å². The first-order chi connectivity index (χ1) is 9.60. The molecule has 1 heterocycles. The minimum atomic E-state index is -0.458. The third-order valence-corrected chi connectivity index (χ3v) is 4.77. The van der Waals surface area contributed by atoms with Crippen LogP contribution in [-0.4, -0.2) is 27.5 Å². The molecule has 0 amide bonds. The summed E-state index contributed by atoms with van der Waals surface area (Å²) in [4.78, 5) is 0. The number of rotatable bonds is 4. The molecule has 2 saturated carbocycles. The Morgan fingerprint density at radius 1 is 1.40 bits per heavy atom. The van der Waals surface area contributed by atoms with E-state index in [-0.39, 0.29) is 0 Å². The maximum Gasteiger partial charge on any atom is 0.0944 e. The second-order valence-corrected chi connectivity index (χ2v) is 6.67. The topological polar surface area (TPSA) is 50.1 Å². The zero-order valence-corrected chi connectivity index (χ0v) is 12.3. The molecule has 0 spiro atoms. The molecule has 3 rings (SSSR count). The Kier molecular flexibility index (Phi) is 3.94. The lowest BCUT2D eigenvalue weighted by Gasteiger charge is -2.40. The van der Waals surface area contributed by atoms with E-state index in [1.54, 1.807) is 10.9 Å². The summed E-state index contributed by atoms with van der Waals surface area (Å²) < 4.78 is 1.73. The molecule has 3 unspecified atom stereocenters. The van der Waals surface area contributed by atoms with Crippen molar-refractivity contribution in [3.63, 3.8) is 0 Å². The summed E-state index contributed by atoms with van der Waals surface area (Å²) in [7, 11) is 1.87. The fourth-order valence-corrected chi connectivity index (χ4v) is 3.97. The highest BCUT2D eigenvalue weighted by Gasteiger charge is 2.33. The molecule has 2 fully saturated rings. The number of fused-ring (bicyclic) bond motifs is 2. The van der Waals surface area contributed by atoms with Crippen molar-refractivity contribution in [2.45, 2.75) is 44.2 Å². The summed E-state index contributed by atoms with van der Waals surface area (Å²) in [5, 5.41) is 17.8. The van der Waals surface area contributed by atoms with Gasteiger partial charge in [-0.25, -0.2) is 0 Å². The van der Waals surface area contributed by atoms with E-state index in [0.29, 0.717) is 12.6 Å². The van der Waals surface area contributed by atoms with Crippen molar-refractivity contribution >= 4 is 0 Å².